The molecule has 1 aromatic carbocycles. The van der Waals surface area contributed by atoms with Crippen LogP contribution < -0.4 is 10.2 Å². The number of likely N-dealkylation sites (N-methyl/N-ethyl adjacent to an activating group) is 1. The molecule has 0 saturated carbocycles. The Kier molecular flexibility index (Phi) is 8.64. The number of benzene rings is 1. The molecule has 3 unspecified atom stereocenters. The lowest BCUT2D eigenvalue weighted by Crippen LogP contribution is -2.53. The van der Waals surface area contributed by atoms with E-state index in [1.807, 2.05) is 6.07 Å². The molecule has 0 aromatic heterocycles. The Balaban J connectivity index is 1.65. The van der Waals surface area contributed by atoms with Gasteiger partial charge >= 0.3 is 0 Å². The highest BCUT2D eigenvalue weighted by molar-refractivity contribution is 9.09. The molecule has 8 nitrogen and oxygen atoms in total. The van der Waals surface area contributed by atoms with Crippen molar-refractivity contribution < 1.29 is 19.2 Å². The molecular formula is C24H33BrN4O4. The van der Waals surface area contributed by atoms with Crippen molar-refractivity contribution in [2.75, 3.05) is 50.0 Å². The summed E-state index contributed by atoms with van der Waals surface area (Å²) in [5.74, 6) is 0.0231. The molecule has 2 aliphatic heterocycles. The number of carbonyl (C=O) groups is 4. The number of piperidine rings is 1. The molecule has 1 aromatic rings. The van der Waals surface area contributed by atoms with Crippen molar-refractivity contribution in [2.45, 2.75) is 32.7 Å². The second-order valence-corrected chi connectivity index (χ2v) is 9.82. The lowest BCUT2D eigenvalue weighted by molar-refractivity contribution is -0.136. The molecule has 3 rings (SSSR count). The van der Waals surface area contributed by atoms with Gasteiger partial charge in [0.1, 0.15) is 6.04 Å². The number of halogens is 1. The monoisotopic (exact) mass is 520 g/mol. The molecule has 1 N–H and O–H groups in total. The molecule has 33 heavy (non-hydrogen) atoms. The standard InChI is InChI=1S/C24H33BrN4O4/c1-16(13-25)17(2)14-28-8-10-29(11-9-28)19-4-5-20(18(12-19)15-30)24(33)27(3)21-6-7-22(31)26-23(21)32/h4-5,12,15-17,21H,6-11,13-14H2,1-3H3,(H,26,31,32). The summed E-state index contributed by atoms with van der Waals surface area (Å²) >= 11 is 3.57. The number of rotatable bonds is 8. The van der Waals surface area contributed by atoms with Gasteiger partial charge in [0, 0.05) is 62.8 Å². The number of nitrogens with zero attached hydrogens (tertiary/aromatic N) is 3. The molecule has 180 valence electrons. The van der Waals surface area contributed by atoms with Gasteiger partial charge < -0.3 is 9.80 Å². The topological polar surface area (TPSA) is 90.0 Å². The summed E-state index contributed by atoms with van der Waals surface area (Å²) in [4.78, 5) is 54.4. The minimum Gasteiger partial charge on any atom is -0.369 e. The van der Waals surface area contributed by atoms with Crippen LogP contribution in [0.25, 0.3) is 0 Å². The molecule has 0 bridgehead atoms. The van der Waals surface area contributed by atoms with E-state index in [2.05, 4.69) is 44.9 Å². The zero-order valence-corrected chi connectivity index (χ0v) is 21.1. The number of hydrogen-bond acceptors (Lipinski definition) is 6. The van der Waals surface area contributed by atoms with E-state index in [1.54, 1.807) is 12.1 Å². The molecule has 0 aliphatic carbocycles. The number of nitrogens with one attached hydrogen (secondary N) is 1. The van der Waals surface area contributed by atoms with Crippen LogP contribution in [0.3, 0.4) is 0 Å². The normalized spacial score (nSPS) is 21.3. The lowest BCUT2D eigenvalue weighted by atomic mass is 9.97. The third kappa shape index (κ3) is 6.00. The summed E-state index contributed by atoms with van der Waals surface area (Å²) in [5.41, 5.74) is 1.48. The van der Waals surface area contributed by atoms with Gasteiger partial charge in [-0.1, -0.05) is 29.8 Å². The predicted octanol–water partition coefficient (Wildman–Crippen LogP) is 2.17. The summed E-state index contributed by atoms with van der Waals surface area (Å²) in [6.07, 6.45) is 1.15. The smallest absolute Gasteiger partial charge is 0.255 e. The lowest BCUT2D eigenvalue weighted by Gasteiger charge is -2.38. The van der Waals surface area contributed by atoms with Gasteiger partial charge in [0.15, 0.2) is 6.29 Å². The highest BCUT2D eigenvalue weighted by Gasteiger charge is 2.33. The fraction of sp³-hybridized carbons (Fsp3) is 0.583. The molecule has 9 heteroatoms. The molecule has 2 aliphatic rings. The van der Waals surface area contributed by atoms with Gasteiger partial charge in [0.05, 0.1) is 5.56 Å². The number of aldehydes is 1. The van der Waals surface area contributed by atoms with E-state index < -0.39 is 17.9 Å². The van der Waals surface area contributed by atoms with E-state index in [4.69, 9.17) is 0 Å². The summed E-state index contributed by atoms with van der Waals surface area (Å²) in [7, 11) is 1.53. The van der Waals surface area contributed by atoms with E-state index in [0.717, 1.165) is 43.7 Å². The second kappa shape index (κ2) is 11.2. The van der Waals surface area contributed by atoms with E-state index in [9.17, 15) is 19.2 Å². The van der Waals surface area contributed by atoms with Gasteiger partial charge in [-0.2, -0.15) is 0 Å². The number of amides is 3. The first-order valence-corrected chi connectivity index (χ1v) is 12.6. The minimum absolute atomic E-state index is 0.188. The van der Waals surface area contributed by atoms with Gasteiger partial charge in [0.25, 0.3) is 5.91 Å². The number of anilines is 1. The summed E-state index contributed by atoms with van der Waals surface area (Å²) in [5, 5.41) is 3.27. The summed E-state index contributed by atoms with van der Waals surface area (Å²) in [6.45, 7) is 9.24. The Labute approximate surface area is 203 Å². The first-order valence-electron chi connectivity index (χ1n) is 11.5. The van der Waals surface area contributed by atoms with E-state index in [1.165, 1.54) is 11.9 Å². The number of alkyl halides is 1. The van der Waals surface area contributed by atoms with Gasteiger partial charge in [-0.3, -0.25) is 29.4 Å². The molecule has 0 radical (unpaired) electrons. The zero-order valence-electron chi connectivity index (χ0n) is 19.6. The molecule has 2 heterocycles. The Bertz CT molecular complexity index is 900. The van der Waals surface area contributed by atoms with Crippen molar-refractivity contribution in [1.82, 2.24) is 15.1 Å². The second-order valence-electron chi connectivity index (χ2n) is 9.17. The van der Waals surface area contributed by atoms with E-state index in [-0.39, 0.29) is 24.3 Å². The largest absolute Gasteiger partial charge is 0.369 e. The van der Waals surface area contributed by atoms with Crippen molar-refractivity contribution in [3.8, 4) is 0 Å². The van der Waals surface area contributed by atoms with Crippen LogP contribution >= 0.6 is 15.9 Å². The average molecular weight is 521 g/mol. The molecule has 0 spiro atoms. The SMILES string of the molecule is CC(CBr)C(C)CN1CCN(c2ccc(C(=O)N(C)C3CCC(=O)NC3=O)c(C=O)c2)CC1. The highest BCUT2D eigenvalue weighted by Crippen LogP contribution is 2.24. The maximum atomic E-state index is 13.0. The minimum atomic E-state index is -0.725. The first-order chi connectivity index (χ1) is 15.7. The van der Waals surface area contributed by atoms with Gasteiger partial charge in [-0.15, -0.1) is 0 Å². The molecule has 2 fully saturated rings. The van der Waals surface area contributed by atoms with Crippen LogP contribution in [-0.2, 0) is 9.59 Å². The van der Waals surface area contributed by atoms with Crippen LogP contribution in [0.4, 0.5) is 5.69 Å². The van der Waals surface area contributed by atoms with E-state index >= 15 is 0 Å². The highest BCUT2D eigenvalue weighted by atomic mass is 79.9. The van der Waals surface area contributed by atoms with Crippen molar-refractivity contribution in [2.24, 2.45) is 11.8 Å². The zero-order chi connectivity index (χ0) is 24.1. The summed E-state index contributed by atoms with van der Waals surface area (Å²) in [6, 6.07) is 4.56. The maximum Gasteiger partial charge on any atom is 0.255 e. The third-order valence-electron chi connectivity index (χ3n) is 6.89. The molecule has 3 amide bonds. The van der Waals surface area contributed by atoms with Gasteiger partial charge in [-0.25, -0.2) is 0 Å². The van der Waals surface area contributed by atoms with Crippen molar-refractivity contribution in [3.05, 3.63) is 29.3 Å². The first kappa shape index (κ1) is 25.4. The van der Waals surface area contributed by atoms with Gasteiger partial charge in [0.2, 0.25) is 11.8 Å². The molecular weight excluding hydrogens is 488 g/mol. The van der Waals surface area contributed by atoms with Crippen LogP contribution in [-0.4, -0.2) is 85.0 Å². The van der Waals surface area contributed by atoms with Crippen LogP contribution in [0.2, 0.25) is 0 Å². The Morgan fingerprint density at radius 2 is 1.91 bits per heavy atom. The van der Waals surface area contributed by atoms with Crippen LogP contribution in [0.15, 0.2) is 18.2 Å². The number of piperazine rings is 1. The van der Waals surface area contributed by atoms with Gasteiger partial charge in [-0.05, 0) is 36.5 Å². The third-order valence-corrected chi connectivity index (χ3v) is 7.91. The van der Waals surface area contributed by atoms with Crippen LogP contribution in [0, 0.1) is 11.8 Å². The summed E-state index contributed by atoms with van der Waals surface area (Å²) < 4.78 is 0. The van der Waals surface area contributed by atoms with Crippen molar-refractivity contribution in [1.29, 1.82) is 0 Å². The predicted molar refractivity (Wildman–Crippen MR) is 131 cm³/mol. The van der Waals surface area contributed by atoms with Crippen LogP contribution in [0.1, 0.15) is 47.4 Å². The molecule has 2 saturated heterocycles. The number of imide groups is 1. The fourth-order valence-electron chi connectivity index (χ4n) is 4.35. The Morgan fingerprint density at radius 3 is 2.52 bits per heavy atom. The number of carbonyl (C=O) groups excluding carboxylic acids is 4. The average Bonchev–Trinajstić information content (AvgIpc) is 2.82. The van der Waals surface area contributed by atoms with Crippen molar-refractivity contribution in [3.63, 3.8) is 0 Å². The van der Waals surface area contributed by atoms with E-state index in [0.29, 0.717) is 23.7 Å². The maximum absolute atomic E-state index is 13.0. The Hall–Kier alpha value is -2.26. The van der Waals surface area contributed by atoms with Crippen LogP contribution in [0.5, 0.6) is 0 Å². The Morgan fingerprint density at radius 1 is 1.21 bits per heavy atom. The molecule has 3 atom stereocenters. The number of hydrogen-bond donors (Lipinski definition) is 1. The van der Waals surface area contributed by atoms with Crippen molar-refractivity contribution >= 4 is 45.6 Å². The fourth-order valence-corrected chi connectivity index (χ4v) is 4.99. The quantitative estimate of drug-likeness (QED) is 0.321.